The van der Waals surface area contributed by atoms with E-state index < -0.39 is 0 Å². The van der Waals surface area contributed by atoms with Gasteiger partial charge in [-0.2, -0.15) is 0 Å². The Morgan fingerprint density at radius 1 is 1.15 bits per heavy atom. The van der Waals surface area contributed by atoms with Gasteiger partial charge in [-0.05, 0) is 51.0 Å². The van der Waals surface area contributed by atoms with Gasteiger partial charge in [-0.3, -0.25) is 9.59 Å². The van der Waals surface area contributed by atoms with E-state index >= 15 is 0 Å². The van der Waals surface area contributed by atoms with Gasteiger partial charge in [-0.1, -0.05) is 0 Å². The van der Waals surface area contributed by atoms with Gasteiger partial charge in [0.1, 0.15) is 0 Å². The molecule has 1 atom stereocenters. The first-order valence-corrected chi connectivity index (χ1v) is 10.2. The van der Waals surface area contributed by atoms with Gasteiger partial charge < -0.3 is 15.1 Å². The van der Waals surface area contributed by atoms with Crippen molar-refractivity contribution >= 4 is 39.7 Å². The van der Waals surface area contributed by atoms with Crippen molar-refractivity contribution in [1.82, 2.24) is 4.98 Å². The summed E-state index contributed by atoms with van der Waals surface area (Å²) in [6, 6.07) is 8.11. The first-order valence-electron chi connectivity index (χ1n) is 9.41. The molecular formula is C20H24N4O2S. The molecule has 3 heterocycles. The van der Waals surface area contributed by atoms with Crippen LogP contribution in [0.4, 0.5) is 16.5 Å². The molecule has 2 aromatic rings. The van der Waals surface area contributed by atoms with Crippen LogP contribution in [-0.2, 0) is 9.59 Å². The van der Waals surface area contributed by atoms with Crippen LogP contribution in [0.25, 0.3) is 0 Å². The molecule has 0 saturated carbocycles. The summed E-state index contributed by atoms with van der Waals surface area (Å²) in [4.78, 5) is 34.5. The molecule has 0 aliphatic carbocycles. The highest BCUT2D eigenvalue weighted by atomic mass is 32.1. The SMILES string of the molecule is Cc1nc(NC(=O)C2CC(=O)N(c3ccc(N4CCCC4)cc3)C2)sc1C. The first kappa shape index (κ1) is 18.0. The molecule has 2 aliphatic rings. The lowest BCUT2D eigenvalue weighted by Crippen LogP contribution is -2.28. The number of carbonyl (C=O) groups is 2. The van der Waals surface area contributed by atoms with E-state index in [1.165, 1.54) is 29.9 Å². The van der Waals surface area contributed by atoms with Crippen molar-refractivity contribution in [2.45, 2.75) is 33.1 Å². The summed E-state index contributed by atoms with van der Waals surface area (Å²) < 4.78 is 0. The zero-order valence-electron chi connectivity index (χ0n) is 15.7. The smallest absolute Gasteiger partial charge is 0.231 e. The number of nitrogens with one attached hydrogen (secondary N) is 1. The molecule has 2 amide bonds. The quantitative estimate of drug-likeness (QED) is 0.878. The predicted molar refractivity (Wildman–Crippen MR) is 109 cm³/mol. The van der Waals surface area contributed by atoms with Crippen LogP contribution in [0.15, 0.2) is 24.3 Å². The third kappa shape index (κ3) is 3.69. The highest BCUT2D eigenvalue weighted by Crippen LogP contribution is 2.29. The van der Waals surface area contributed by atoms with Gasteiger partial charge in [0.25, 0.3) is 0 Å². The Balaban J connectivity index is 1.41. The molecule has 0 bridgehead atoms. The average Bonchev–Trinajstić information content (AvgIpc) is 3.37. The van der Waals surface area contributed by atoms with Gasteiger partial charge in [0, 0.05) is 42.3 Å². The third-order valence-corrected chi connectivity index (χ3v) is 6.38. The molecule has 2 aliphatic heterocycles. The fraction of sp³-hybridized carbons (Fsp3) is 0.450. The van der Waals surface area contributed by atoms with E-state index in [0.29, 0.717) is 11.7 Å². The van der Waals surface area contributed by atoms with E-state index in [1.54, 1.807) is 4.90 Å². The first-order chi connectivity index (χ1) is 13.0. The molecule has 7 heteroatoms. The number of hydrogen-bond donors (Lipinski definition) is 1. The van der Waals surface area contributed by atoms with Crippen LogP contribution < -0.4 is 15.1 Å². The molecule has 142 valence electrons. The fourth-order valence-electron chi connectivity index (χ4n) is 3.69. The van der Waals surface area contributed by atoms with E-state index in [2.05, 4.69) is 27.3 Å². The molecule has 1 N–H and O–H groups in total. The molecule has 6 nitrogen and oxygen atoms in total. The molecule has 1 unspecified atom stereocenters. The number of hydrogen-bond acceptors (Lipinski definition) is 5. The number of amides is 2. The van der Waals surface area contributed by atoms with Crippen molar-refractivity contribution in [3.05, 3.63) is 34.8 Å². The summed E-state index contributed by atoms with van der Waals surface area (Å²) in [5, 5.41) is 3.47. The van der Waals surface area contributed by atoms with E-state index in [1.807, 2.05) is 26.0 Å². The summed E-state index contributed by atoms with van der Waals surface area (Å²) in [7, 11) is 0. The van der Waals surface area contributed by atoms with Crippen LogP contribution >= 0.6 is 11.3 Å². The molecule has 27 heavy (non-hydrogen) atoms. The summed E-state index contributed by atoms with van der Waals surface area (Å²) in [6.07, 6.45) is 2.71. The van der Waals surface area contributed by atoms with Crippen LogP contribution in [0.1, 0.15) is 29.8 Å². The Morgan fingerprint density at radius 2 is 1.81 bits per heavy atom. The van der Waals surface area contributed by atoms with E-state index in [4.69, 9.17) is 0 Å². The van der Waals surface area contributed by atoms with Crippen molar-refractivity contribution in [2.24, 2.45) is 5.92 Å². The predicted octanol–water partition coefficient (Wildman–Crippen LogP) is 3.35. The zero-order valence-corrected chi connectivity index (χ0v) is 16.5. The number of benzene rings is 1. The standard InChI is InChI=1S/C20H24N4O2S/c1-13-14(2)27-20(21-13)22-19(26)15-11-18(25)24(12-15)17-7-5-16(6-8-17)23-9-3-4-10-23/h5-8,15H,3-4,9-12H2,1-2H3,(H,21,22,26). The Labute approximate surface area is 163 Å². The minimum atomic E-state index is -0.347. The van der Waals surface area contributed by atoms with Gasteiger partial charge in [-0.25, -0.2) is 4.98 Å². The van der Waals surface area contributed by atoms with Gasteiger partial charge >= 0.3 is 0 Å². The summed E-state index contributed by atoms with van der Waals surface area (Å²) in [6.45, 7) is 6.51. The molecular weight excluding hydrogens is 360 g/mol. The molecule has 2 saturated heterocycles. The summed E-state index contributed by atoms with van der Waals surface area (Å²) in [5.41, 5.74) is 2.99. The van der Waals surface area contributed by atoms with Crippen LogP contribution in [0, 0.1) is 19.8 Å². The summed E-state index contributed by atoms with van der Waals surface area (Å²) >= 11 is 1.47. The average molecular weight is 385 g/mol. The number of thiazole rings is 1. The lowest BCUT2D eigenvalue weighted by Gasteiger charge is -2.20. The normalized spacial score (nSPS) is 19.8. The Kier molecular flexibility index (Phi) is 4.86. The van der Waals surface area contributed by atoms with Crippen LogP contribution in [0.5, 0.6) is 0 Å². The summed E-state index contributed by atoms with van der Waals surface area (Å²) in [5.74, 6) is -0.482. The Hall–Kier alpha value is -2.41. The lowest BCUT2D eigenvalue weighted by atomic mass is 10.1. The fourth-order valence-corrected chi connectivity index (χ4v) is 4.50. The number of aromatic nitrogens is 1. The number of carbonyl (C=O) groups excluding carboxylic acids is 2. The third-order valence-electron chi connectivity index (χ3n) is 5.39. The van der Waals surface area contributed by atoms with Gasteiger partial charge in [0.15, 0.2) is 5.13 Å². The monoisotopic (exact) mass is 384 g/mol. The highest BCUT2D eigenvalue weighted by Gasteiger charge is 2.35. The lowest BCUT2D eigenvalue weighted by molar-refractivity contribution is -0.122. The van der Waals surface area contributed by atoms with E-state index in [-0.39, 0.29) is 24.2 Å². The number of aryl methyl sites for hydroxylation is 2. The second kappa shape index (κ2) is 7.31. The maximum absolute atomic E-state index is 12.6. The van der Waals surface area contributed by atoms with Crippen molar-refractivity contribution < 1.29 is 9.59 Å². The van der Waals surface area contributed by atoms with Crippen LogP contribution in [-0.4, -0.2) is 36.4 Å². The van der Waals surface area contributed by atoms with Crippen molar-refractivity contribution in [3.63, 3.8) is 0 Å². The van der Waals surface area contributed by atoms with Crippen molar-refractivity contribution in [1.29, 1.82) is 0 Å². The van der Waals surface area contributed by atoms with Crippen LogP contribution in [0.3, 0.4) is 0 Å². The number of nitrogens with zero attached hydrogens (tertiary/aromatic N) is 3. The van der Waals surface area contributed by atoms with Gasteiger partial charge in [0.2, 0.25) is 11.8 Å². The molecule has 4 rings (SSSR count). The minimum Gasteiger partial charge on any atom is -0.372 e. The Morgan fingerprint density at radius 3 is 2.44 bits per heavy atom. The second-order valence-corrected chi connectivity index (χ2v) is 8.47. The second-order valence-electron chi connectivity index (χ2n) is 7.27. The molecule has 1 aromatic carbocycles. The van der Waals surface area contributed by atoms with E-state index in [0.717, 1.165) is 29.3 Å². The Bertz CT molecular complexity index is 836. The molecule has 1 aromatic heterocycles. The number of anilines is 3. The van der Waals surface area contributed by atoms with Gasteiger partial charge in [0.05, 0.1) is 11.6 Å². The molecule has 0 radical (unpaired) electrons. The molecule has 0 spiro atoms. The number of rotatable bonds is 4. The van der Waals surface area contributed by atoms with Gasteiger partial charge in [-0.15, -0.1) is 11.3 Å². The van der Waals surface area contributed by atoms with E-state index in [9.17, 15) is 9.59 Å². The zero-order chi connectivity index (χ0) is 19.0. The minimum absolute atomic E-state index is 0.00410. The largest absolute Gasteiger partial charge is 0.372 e. The molecule has 2 fully saturated rings. The maximum atomic E-state index is 12.6. The van der Waals surface area contributed by atoms with Crippen molar-refractivity contribution in [2.75, 3.05) is 34.8 Å². The van der Waals surface area contributed by atoms with Crippen LogP contribution in [0.2, 0.25) is 0 Å². The topological polar surface area (TPSA) is 65.5 Å². The highest BCUT2D eigenvalue weighted by molar-refractivity contribution is 7.15. The maximum Gasteiger partial charge on any atom is 0.231 e. The van der Waals surface area contributed by atoms with Crippen molar-refractivity contribution in [3.8, 4) is 0 Å².